The van der Waals surface area contributed by atoms with Crippen molar-refractivity contribution in [3.63, 3.8) is 0 Å². The van der Waals surface area contributed by atoms with Gasteiger partial charge in [-0.2, -0.15) is 0 Å². The van der Waals surface area contributed by atoms with E-state index in [1.165, 1.54) is 22.8 Å². The minimum Gasteiger partial charge on any atom is -0.407 e. The van der Waals surface area contributed by atoms with Gasteiger partial charge in [0.2, 0.25) is 5.91 Å². The molecule has 2 aromatic carbocycles. The lowest BCUT2D eigenvalue weighted by molar-refractivity contribution is -0.384. The van der Waals surface area contributed by atoms with Crippen LogP contribution in [0.25, 0.3) is 11.1 Å². The Bertz CT molecular complexity index is 1270. The second-order valence-corrected chi connectivity index (χ2v) is 7.97. The van der Waals surface area contributed by atoms with Crippen LogP contribution >= 0.6 is 0 Å². The number of fused-ring (bicyclic) bond motifs is 1. The molecule has 4 rings (SSSR count). The number of nitro groups is 1. The highest BCUT2D eigenvalue weighted by atomic mass is 16.6. The van der Waals surface area contributed by atoms with Crippen molar-refractivity contribution in [1.29, 1.82) is 0 Å². The smallest absolute Gasteiger partial charge is 0.407 e. The maximum atomic E-state index is 12.6. The molecule has 1 saturated heterocycles. The number of anilines is 1. The lowest BCUT2D eigenvalue weighted by atomic mass is 10.1. The molecule has 1 atom stereocenters. The maximum absolute atomic E-state index is 12.6. The second kappa shape index (κ2) is 10.3. The Hall–Kier alpha value is -3.99. The van der Waals surface area contributed by atoms with E-state index in [4.69, 9.17) is 9.15 Å². The van der Waals surface area contributed by atoms with E-state index in [9.17, 15) is 24.5 Å². The Morgan fingerprint density at radius 1 is 1.21 bits per heavy atom. The standard InChI is InChI=1S/C23H24N4O7/c28-21(8-3-11-26-19-10-9-15(27(31)32)13-20(19)34-23(26)30)25-18-7-2-1-6-17(18)22(29)24-14-16-5-4-12-33-16/h1-2,6-7,9-10,13,16H,3-5,8,11-12,14H2,(H,24,29)(H,25,28). The molecule has 11 nitrogen and oxygen atoms in total. The first-order chi connectivity index (χ1) is 16.4. The molecule has 2 heterocycles. The van der Waals surface area contributed by atoms with Crippen LogP contribution in [0, 0.1) is 10.1 Å². The van der Waals surface area contributed by atoms with Crippen molar-refractivity contribution in [3.8, 4) is 0 Å². The Kier molecular flexibility index (Phi) is 7.02. The zero-order valence-electron chi connectivity index (χ0n) is 18.3. The van der Waals surface area contributed by atoms with Crippen molar-refractivity contribution < 1.29 is 23.7 Å². The van der Waals surface area contributed by atoms with Gasteiger partial charge in [0.25, 0.3) is 11.6 Å². The first kappa shape index (κ1) is 23.2. The number of nitrogens with one attached hydrogen (secondary N) is 2. The number of aryl methyl sites for hydroxylation is 1. The molecular weight excluding hydrogens is 444 g/mol. The number of nitrogens with zero attached hydrogens (tertiary/aromatic N) is 2. The number of amides is 2. The van der Waals surface area contributed by atoms with Crippen LogP contribution in [-0.4, -0.2) is 40.6 Å². The van der Waals surface area contributed by atoms with Gasteiger partial charge in [-0.15, -0.1) is 0 Å². The Labute approximate surface area is 193 Å². The lowest BCUT2D eigenvalue weighted by Gasteiger charge is -2.14. The molecule has 1 fully saturated rings. The monoisotopic (exact) mass is 468 g/mol. The minimum absolute atomic E-state index is 0.0132. The van der Waals surface area contributed by atoms with Gasteiger partial charge in [-0.05, 0) is 37.5 Å². The zero-order valence-corrected chi connectivity index (χ0v) is 18.3. The highest BCUT2D eigenvalue weighted by Gasteiger charge is 2.19. The van der Waals surface area contributed by atoms with Crippen LogP contribution in [0.15, 0.2) is 51.7 Å². The fraction of sp³-hybridized carbons (Fsp3) is 0.348. The number of aromatic nitrogens is 1. The molecule has 0 aliphatic carbocycles. The van der Waals surface area contributed by atoms with Crippen molar-refractivity contribution in [1.82, 2.24) is 9.88 Å². The van der Waals surface area contributed by atoms with E-state index in [2.05, 4.69) is 10.6 Å². The largest absolute Gasteiger partial charge is 0.419 e. The highest BCUT2D eigenvalue weighted by Crippen LogP contribution is 2.21. The molecule has 178 valence electrons. The Balaban J connectivity index is 1.34. The molecular formula is C23H24N4O7. The number of hydrogen-bond acceptors (Lipinski definition) is 7. The predicted molar refractivity (Wildman–Crippen MR) is 123 cm³/mol. The average Bonchev–Trinajstić information content (AvgIpc) is 3.45. The Morgan fingerprint density at radius 3 is 2.79 bits per heavy atom. The van der Waals surface area contributed by atoms with Crippen LogP contribution in [0.4, 0.5) is 11.4 Å². The van der Waals surface area contributed by atoms with E-state index in [0.717, 1.165) is 12.8 Å². The number of hydrogen-bond donors (Lipinski definition) is 2. The summed E-state index contributed by atoms with van der Waals surface area (Å²) in [6.45, 7) is 1.31. The van der Waals surface area contributed by atoms with Crippen LogP contribution in [-0.2, 0) is 16.1 Å². The van der Waals surface area contributed by atoms with Gasteiger partial charge < -0.3 is 19.8 Å². The minimum atomic E-state index is -0.649. The van der Waals surface area contributed by atoms with E-state index in [1.807, 2.05) is 0 Å². The number of carbonyl (C=O) groups is 2. The quantitative estimate of drug-likeness (QED) is 0.363. The van der Waals surface area contributed by atoms with Crippen LogP contribution < -0.4 is 16.4 Å². The van der Waals surface area contributed by atoms with Gasteiger partial charge in [0, 0.05) is 32.2 Å². The van der Waals surface area contributed by atoms with Gasteiger partial charge in [-0.3, -0.25) is 24.3 Å². The van der Waals surface area contributed by atoms with Gasteiger partial charge in [0.15, 0.2) is 5.58 Å². The summed E-state index contributed by atoms with van der Waals surface area (Å²) in [6.07, 6.45) is 2.32. The number of benzene rings is 2. The van der Waals surface area contributed by atoms with E-state index >= 15 is 0 Å². The number of oxazole rings is 1. The zero-order chi connectivity index (χ0) is 24.1. The Morgan fingerprint density at radius 2 is 2.03 bits per heavy atom. The molecule has 2 N–H and O–H groups in total. The third-order valence-corrected chi connectivity index (χ3v) is 5.61. The summed E-state index contributed by atoms with van der Waals surface area (Å²) < 4.78 is 11.9. The van der Waals surface area contributed by atoms with Gasteiger partial charge >= 0.3 is 5.76 Å². The third kappa shape index (κ3) is 5.31. The predicted octanol–water partition coefficient (Wildman–Crippen LogP) is 2.83. The number of para-hydroxylation sites is 1. The summed E-state index contributed by atoms with van der Waals surface area (Å²) in [4.78, 5) is 47.6. The van der Waals surface area contributed by atoms with E-state index in [-0.39, 0.29) is 42.2 Å². The summed E-state index contributed by atoms with van der Waals surface area (Å²) in [5.74, 6) is -1.25. The SMILES string of the molecule is O=C(CCCn1c(=O)oc2cc([N+](=O)[O-])ccc21)Nc1ccccc1C(=O)NCC1CCCO1. The number of ether oxygens (including phenoxy) is 1. The maximum Gasteiger partial charge on any atom is 0.419 e. The molecule has 1 aliphatic rings. The molecule has 2 amide bonds. The number of non-ortho nitro benzene ring substituents is 1. The molecule has 1 aliphatic heterocycles. The summed E-state index contributed by atoms with van der Waals surface area (Å²) in [7, 11) is 0. The molecule has 0 bridgehead atoms. The molecule has 3 aromatic rings. The fourth-order valence-corrected chi connectivity index (χ4v) is 3.89. The van der Waals surface area contributed by atoms with E-state index < -0.39 is 10.7 Å². The van der Waals surface area contributed by atoms with Crippen LogP contribution in [0.3, 0.4) is 0 Å². The second-order valence-electron chi connectivity index (χ2n) is 7.97. The van der Waals surface area contributed by atoms with Gasteiger partial charge in [0.1, 0.15) is 0 Å². The lowest BCUT2D eigenvalue weighted by Crippen LogP contribution is -2.32. The van der Waals surface area contributed by atoms with Crippen molar-refractivity contribution >= 4 is 34.3 Å². The number of nitro benzene ring substituents is 1. The molecule has 0 saturated carbocycles. The van der Waals surface area contributed by atoms with E-state index in [1.54, 1.807) is 24.3 Å². The summed E-state index contributed by atoms with van der Waals surface area (Å²) in [6, 6.07) is 10.7. The first-order valence-electron chi connectivity index (χ1n) is 11.0. The van der Waals surface area contributed by atoms with Crippen molar-refractivity contribution in [3.05, 3.63) is 68.7 Å². The summed E-state index contributed by atoms with van der Waals surface area (Å²) >= 11 is 0. The van der Waals surface area contributed by atoms with Gasteiger partial charge in [-0.1, -0.05) is 12.1 Å². The van der Waals surface area contributed by atoms with Crippen LogP contribution in [0.2, 0.25) is 0 Å². The average molecular weight is 468 g/mol. The molecule has 1 unspecified atom stereocenters. The van der Waals surface area contributed by atoms with Crippen molar-refractivity contribution in [2.75, 3.05) is 18.5 Å². The van der Waals surface area contributed by atoms with E-state index in [0.29, 0.717) is 36.3 Å². The molecule has 0 spiro atoms. The van der Waals surface area contributed by atoms with Crippen LogP contribution in [0.1, 0.15) is 36.0 Å². The topological polar surface area (TPSA) is 146 Å². The summed E-state index contributed by atoms with van der Waals surface area (Å²) in [5, 5.41) is 16.5. The van der Waals surface area contributed by atoms with Crippen LogP contribution in [0.5, 0.6) is 0 Å². The first-order valence-corrected chi connectivity index (χ1v) is 11.0. The highest BCUT2D eigenvalue weighted by molar-refractivity contribution is 6.03. The van der Waals surface area contributed by atoms with Crippen molar-refractivity contribution in [2.24, 2.45) is 0 Å². The fourth-order valence-electron chi connectivity index (χ4n) is 3.89. The normalized spacial score (nSPS) is 15.4. The van der Waals surface area contributed by atoms with Gasteiger partial charge in [-0.25, -0.2) is 4.79 Å². The number of carbonyl (C=O) groups excluding carboxylic acids is 2. The van der Waals surface area contributed by atoms with Crippen molar-refractivity contribution in [2.45, 2.75) is 38.3 Å². The molecule has 0 radical (unpaired) electrons. The summed E-state index contributed by atoms with van der Waals surface area (Å²) in [5.41, 5.74) is 1.12. The molecule has 34 heavy (non-hydrogen) atoms. The third-order valence-electron chi connectivity index (χ3n) is 5.61. The number of rotatable bonds is 9. The van der Waals surface area contributed by atoms with Gasteiger partial charge in [0.05, 0.1) is 33.9 Å². The molecule has 1 aromatic heterocycles. The molecule has 11 heteroatoms.